The van der Waals surface area contributed by atoms with Gasteiger partial charge in [-0.25, -0.2) is 8.78 Å². The van der Waals surface area contributed by atoms with Crippen molar-refractivity contribution in [2.75, 3.05) is 13.2 Å². The number of aldehydes is 1. The molecule has 0 aliphatic heterocycles. The Kier molecular flexibility index (Phi) is 17.4. The number of pyridine rings is 2. The van der Waals surface area contributed by atoms with Crippen molar-refractivity contribution in [2.45, 2.75) is 96.5 Å². The normalized spacial score (nSPS) is 13.3. The summed E-state index contributed by atoms with van der Waals surface area (Å²) < 4.78 is 36.2. The number of fused-ring (bicyclic) bond motifs is 2. The first-order valence-corrected chi connectivity index (χ1v) is 22.6. The molecule has 0 radical (unpaired) electrons. The molecule has 2 aliphatic carbocycles. The lowest BCUT2D eigenvalue weighted by Crippen LogP contribution is -2.17. The van der Waals surface area contributed by atoms with Gasteiger partial charge >= 0.3 is 11.9 Å². The van der Waals surface area contributed by atoms with Gasteiger partial charge in [-0.3, -0.25) is 43.5 Å². The molecule has 0 spiro atoms. The molecule has 6 aromatic rings. The second kappa shape index (κ2) is 23.5. The number of esters is 2. The lowest BCUT2D eigenvalue weighted by atomic mass is 9.88. The molecule has 0 saturated heterocycles. The third-order valence-corrected chi connectivity index (χ3v) is 11.1. The number of halogens is 2. The fourth-order valence-corrected chi connectivity index (χ4v) is 7.90. The van der Waals surface area contributed by atoms with Crippen molar-refractivity contribution >= 4 is 63.2 Å². The molecule has 2 aliphatic rings. The molecule has 12 nitrogen and oxygen atoms in total. The summed E-state index contributed by atoms with van der Waals surface area (Å²) in [5, 5.41) is 13.0. The maximum absolute atomic E-state index is 13.7. The number of nitrogens with zero attached hydrogens (tertiary/aromatic N) is 2. The Morgan fingerprint density at radius 1 is 0.618 bits per heavy atom. The van der Waals surface area contributed by atoms with E-state index in [4.69, 9.17) is 14.7 Å². The van der Waals surface area contributed by atoms with Crippen LogP contribution in [0.4, 0.5) is 8.78 Å². The van der Waals surface area contributed by atoms with Crippen LogP contribution in [0.5, 0.6) is 0 Å². The van der Waals surface area contributed by atoms with Crippen molar-refractivity contribution < 1.29 is 56.9 Å². The second-order valence-corrected chi connectivity index (χ2v) is 16.6. The summed E-state index contributed by atoms with van der Waals surface area (Å²) in [5.41, 5.74) is 7.58. The van der Waals surface area contributed by atoms with Crippen molar-refractivity contribution in [1.29, 1.82) is 0 Å². The van der Waals surface area contributed by atoms with Gasteiger partial charge in [-0.2, -0.15) is 0 Å². The summed E-state index contributed by atoms with van der Waals surface area (Å²) in [6.45, 7) is 5.02. The number of ether oxygens (including phenoxy) is 2. The van der Waals surface area contributed by atoms with Crippen LogP contribution >= 0.6 is 0 Å². The lowest BCUT2D eigenvalue weighted by Gasteiger charge is -2.21. The van der Waals surface area contributed by atoms with Crippen LogP contribution in [0, 0.1) is 11.6 Å². The molecule has 352 valence electrons. The summed E-state index contributed by atoms with van der Waals surface area (Å²) in [6, 6.07) is 27.6. The van der Waals surface area contributed by atoms with Crippen LogP contribution in [0.15, 0.2) is 97.1 Å². The molecular weight excluding hydrogens is 875 g/mol. The molecule has 1 unspecified atom stereocenters. The SMILES string of the molecule is CCOC(=O)CC(=O)CC(=O)CC(O)c1c(C2CC2)nc2ccccc2c1-c1ccc(F)cc1.CCOC(=O)CC(=O)CC(C)=O.O=Cc1c(C2CC2)nc2ccccc2c1-c1ccc(F)cc1. The Morgan fingerprint density at radius 3 is 1.53 bits per heavy atom. The van der Waals surface area contributed by atoms with Crippen molar-refractivity contribution in [2.24, 2.45) is 0 Å². The van der Waals surface area contributed by atoms with Crippen molar-refractivity contribution in [3.8, 4) is 22.3 Å². The average molecular weight is 927 g/mol. The zero-order chi connectivity index (χ0) is 48.9. The van der Waals surface area contributed by atoms with E-state index in [1.54, 1.807) is 38.1 Å². The quantitative estimate of drug-likeness (QED) is 0.0490. The number of rotatable bonds is 18. The summed E-state index contributed by atoms with van der Waals surface area (Å²) in [5.74, 6) is -2.98. The van der Waals surface area contributed by atoms with Gasteiger partial charge in [0.15, 0.2) is 17.9 Å². The maximum Gasteiger partial charge on any atom is 0.313 e. The summed E-state index contributed by atoms with van der Waals surface area (Å²) in [7, 11) is 0. The monoisotopic (exact) mass is 926 g/mol. The van der Waals surface area contributed by atoms with Gasteiger partial charge in [0.1, 0.15) is 36.0 Å². The van der Waals surface area contributed by atoms with Gasteiger partial charge in [0.2, 0.25) is 0 Å². The van der Waals surface area contributed by atoms with Crippen LogP contribution in [-0.4, -0.2) is 69.6 Å². The minimum atomic E-state index is -1.20. The highest BCUT2D eigenvalue weighted by Gasteiger charge is 2.34. The first kappa shape index (κ1) is 50.2. The second-order valence-electron chi connectivity index (χ2n) is 16.6. The van der Waals surface area contributed by atoms with E-state index in [1.165, 1.54) is 31.2 Å². The van der Waals surface area contributed by atoms with Crippen molar-refractivity contribution in [1.82, 2.24) is 9.97 Å². The number of carbonyl (C=O) groups is 7. The highest BCUT2D eigenvalue weighted by molar-refractivity contribution is 6.07. The zero-order valence-electron chi connectivity index (χ0n) is 38.1. The van der Waals surface area contributed by atoms with Gasteiger partial charge in [-0.1, -0.05) is 60.7 Å². The van der Waals surface area contributed by atoms with E-state index < -0.39 is 42.5 Å². The predicted octanol–water partition coefficient (Wildman–Crippen LogP) is 10.0. The number of aliphatic hydroxyl groups is 1. The van der Waals surface area contributed by atoms with Crippen molar-refractivity contribution in [3.63, 3.8) is 0 Å². The van der Waals surface area contributed by atoms with Crippen LogP contribution in [0.3, 0.4) is 0 Å². The van der Waals surface area contributed by atoms with Gasteiger partial charge in [0.25, 0.3) is 0 Å². The van der Waals surface area contributed by atoms with Gasteiger partial charge in [-0.15, -0.1) is 0 Å². The standard InChI is InChI=1S/C27H26FNO5.C19H14FNO.C8H12O4/c1-2-34-24(33)15-20(31)13-19(30)14-23(32)26-25(16-9-11-18(28)12-10-16)21-5-3-4-6-22(21)29-27(26)17-7-8-17;20-14-9-7-12(8-10-14)18-15-3-1-2-4-17(15)21-19(13-5-6-13)16(18)11-22;1-3-12-8(11)5-7(10)4-6(2)9/h3-6,9-12,17,23,32H,2,7-8,13-15H2,1H3;1-4,7-11,13H,5-6H2;3-5H2,1-2H3. The first-order valence-electron chi connectivity index (χ1n) is 22.6. The lowest BCUT2D eigenvalue weighted by molar-refractivity contribution is -0.147. The third-order valence-electron chi connectivity index (χ3n) is 11.1. The highest BCUT2D eigenvalue weighted by atomic mass is 19.1. The summed E-state index contributed by atoms with van der Waals surface area (Å²) in [4.78, 5) is 89.4. The summed E-state index contributed by atoms with van der Waals surface area (Å²) >= 11 is 0. The van der Waals surface area contributed by atoms with Crippen LogP contribution in [0.2, 0.25) is 0 Å². The highest BCUT2D eigenvalue weighted by Crippen LogP contribution is 2.48. The predicted molar refractivity (Wildman–Crippen MR) is 251 cm³/mol. The van der Waals surface area contributed by atoms with Crippen LogP contribution in [-0.2, 0) is 38.2 Å². The molecule has 2 fully saturated rings. The van der Waals surface area contributed by atoms with E-state index >= 15 is 0 Å². The van der Waals surface area contributed by atoms with Crippen molar-refractivity contribution in [3.05, 3.63) is 131 Å². The minimum absolute atomic E-state index is 0.157. The Hall–Kier alpha value is -7.19. The topological polar surface area (TPSA) is 184 Å². The first-order chi connectivity index (χ1) is 32.7. The Labute approximate surface area is 392 Å². The number of aromatic nitrogens is 2. The van der Waals surface area contributed by atoms with E-state index in [0.29, 0.717) is 28.2 Å². The van der Waals surface area contributed by atoms with Gasteiger partial charge in [0, 0.05) is 45.7 Å². The molecule has 2 aromatic heterocycles. The molecule has 1 atom stereocenters. The maximum atomic E-state index is 13.7. The van der Waals surface area contributed by atoms with E-state index in [-0.39, 0.29) is 61.6 Å². The molecular formula is C54H52F2N2O10. The number of hydrogen-bond donors (Lipinski definition) is 1. The number of benzene rings is 4. The van der Waals surface area contributed by atoms with Crippen LogP contribution < -0.4 is 0 Å². The molecule has 4 aromatic carbocycles. The smallest absolute Gasteiger partial charge is 0.313 e. The van der Waals surface area contributed by atoms with Gasteiger partial charge in [0.05, 0.1) is 54.6 Å². The van der Waals surface area contributed by atoms with Crippen LogP contribution in [0.1, 0.15) is 124 Å². The molecule has 0 amide bonds. The Bertz CT molecular complexity index is 2840. The van der Waals surface area contributed by atoms with E-state index in [9.17, 15) is 47.4 Å². The van der Waals surface area contributed by atoms with E-state index in [2.05, 4.69) is 4.74 Å². The largest absolute Gasteiger partial charge is 0.466 e. The molecule has 68 heavy (non-hydrogen) atoms. The van der Waals surface area contributed by atoms with E-state index in [0.717, 1.165) is 76.3 Å². The van der Waals surface area contributed by atoms with Gasteiger partial charge in [-0.05, 0) is 99.5 Å². The zero-order valence-corrected chi connectivity index (χ0v) is 38.1. The third kappa shape index (κ3) is 13.5. The molecule has 14 heteroatoms. The molecule has 2 saturated carbocycles. The van der Waals surface area contributed by atoms with Gasteiger partial charge < -0.3 is 14.6 Å². The summed E-state index contributed by atoms with van der Waals surface area (Å²) in [6.07, 6.45) is 2.02. The molecule has 1 N–H and O–H groups in total. The number of Topliss-reactive ketones (excluding diaryl/α,β-unsaturated/α-hetero) is 4. The van der Waals surface area contributed by atoms with Crippen LogP contribution in [0.25, 0.3) is 44.1 Å². The number of hydrogen-bond acceptors (Lipinski definition) is 12. The Balaban J connectivity index is 0.000000191. The number of para-hydroxylation sites is 2. The number of carbonyl (C=O) groups excluding carboxylic acids is 7. The minimum Gasteiger partial charge on any atom is -0.466 e. The molecule has 2 heterocycles. The van der Waals surface area contributed by atoms with E-state index in [1.807, 2.05) is 48.5 Å². The molecule has 8 rings (SSSR count). The fourth-order valence-electron chi connectivity index (χ4n) is 7.90. The molecule has 0 bridgehead atoms. The number of aliphatic hydroxyl groups excluding tert-OH is 1. The fraction of sp³-hybridized carbons (Fsp3) is 0.315. The Morgan fingerprint density at radius 2 is 1.06 bits per heavy atom. The average Bonchev–Trinajstić information content (AvgIpc) is 4.24. The number of ketones is 4.